The van der Waals surface area contributed by atoms with Crippen molar-refractivity contribution >= 4 is 11.6 Å². The molecule has 1 saturated carbocycles. The lowest BCUT2D eigenvalue weighted by Gasteiger charge is -2.37. The molecule has 1 amide bonds. The standard InChI is InChI=1S/C31H39N5O2/c37-31(35-15-14-32-22-28(35)20-24-8-3-1-4-9-24)29-23-33-36(30(29)25-10-5-2-6-11-25)27-13-7-12-26(21-27)34-16-18-38-19-17-34/h1,3-4,7-9,12-13,21,23,25,28,32H,2,5-6,10-11,14-20,22H2/t28-/m1/s1. The zero-order valence-corrected chi connectivity index (χ0v) is 22.2. The summed E-state index contributed by atoms with van der Waals surface area (Å²) in [6, 6.07) is 19.3. The minimum Gasteiger partial charge on any atom is -0.378 e. The SMILES string of the molecule is O=C(c1cnn(-c2cccc(N3CCOCC3)c2)c1C1CCCCC1)N1CCNC[C@H]1Cc1ccccc1. The van der Waals surface area contributed by atoms with Crippen LogP contribution in [0.3, 0.4) is 0 Å². The molecule has 0 bridgehead atoms. The molecule has 3 aliphatic rings. The van der Waals surface area contributed by atoms with E-state index in [4.69, 9.17) is 9.84 Å². The van der Waals surface area contributed by atoms with Gasteiger partial charge in [0.2, 0.25) is 0 Å². The Morgan fingerprint density at radius 1 is 0.947 bits per heavy atom. The second kappa shape index (κ2) is 11.7. The lowest BCUT2D eigenvalue weighted by molar-refractivity contribution is 0.0634. The number of ether oxygens (including phenoxy) is 1. The van der Waals surface area contributed by atoms with Crippen LogP contribution in [0.2, 0.25) is 0 Å². The van der Waals surface area contributed by atoms with Gasteiger partial charge in [-0.3, -0.25) is 4.79 Å². The summed E-state index contributed by atoms with van der Waals surface area (Å²) < 4.78 is 7.63. The molecule has 1 atom stereocenters. The highest BCUT2D eigenvalue weighted by Gasteiger charge is 2.33. The van der Waals surface area contributed by atoms with Gasteiger partial charge in [0.1, 0.15) is 0 Å². The quantitative estimate of drug-likeness (QED) is 0.529. The lowest BCUT2D eigenvalue weighted by Crippen LogP contribution is -2.54. The fourth-order valence-electron chi connectivity index (χ4n) is 6.39. The van der Waals surface area contributed by atoms with E-state index in [0.717, 1.165) is 82.1 Å². The maximum Gasteiger partial charge on any atom is 0.257 e. The zero-order valence-electron chi connectivity index (χ0n) is 22.2. The van der Waals surface area contributed by atoms with Gasteiger partial charge in [-0.25, -0.2) is 4.68 Å². The van der Waals surface area contributed by atoms with Gasteiger partial charge in [0, 0.05) is 50.4 Å². The Morgan fingerprint density at radius 3 is 2.55 bits per heavy atom. The average Bonchev–Trinajstić information content (AvgIpc) is 3.44. The number of carbonyl (C=O) groups excluding carboxylic acids is 1. The van der Waals surface area contributed by atoms with E-state index in [1.807, 2.05) is 12.3 Å². The predicted octanol–water partition coefficient (Wildman–Crippen LogP) is 4.41. The molecule has 7 nitrogen and oxygen atoms in total. The number of carbonyl (C=O) groups is 1. The summed E-state index contributed by atoms with van der Waals surface area (Å²) >= 11 is 0. The Labute approximate surface area is 225 Å². The Hall–Kier alpha value is -3.16. The molecule has 3 fully saturated rings. The number of benzene rings is 2. The normalized spacial score (nSPS) is 21.0. The molecule has 0 radical (unpaired) electrons. The molecule has 0 spiro atoms. The summed E-state index contributed by atoms with van der Waals surface area (Å²) in [7, 11) is 0. The van der Waals surface area contributed by atoms with Crippen LogP contribution < -0.4 is 10.2 Å². The third kappa shape index (κ3) is 5.36. The summed E-state index contributed by atoms with van der Waals surface area (Å²) in [6.45, 7) is 5.67. The monoisotopic (exact) mass is 513 g/mol. The Morgan fingerprint density at radius 2 is 1.74 bits per heavy atom. The van der Waals surface area contributed by atoms with Gasteiger partial charge in [-0.2, -0.15) is 5.10 Å². The van der Waals surface area contributed by atoms with E-state index in [1.165, 1.54) is 30.5 Å². The van der Waals surface area contributed by atoms with E-state index in [1.54, 1.807) is 0 Å². The van der Waals surface area contributed by atoms with E-state index in [2.05, 4.69) is 68.3 Å². The van der Waals surface area contributed by atoms with E-state index in [-0.39, 0.29) is 11.9 Å². The highest BCUT2D eigenvalue weighted by atomic mass is 16.5. The van der Waals surface area contributed by atoms with Gasteiger partial charge in [-0.05, 0) is 43.0 Å². The number of hydrogen-bond donors (Lipinski definition) is 1. The molecule has 0 unspecified atom stereocenters. The highest BCUT2D eigenvalue weighted by Crippen LogP contribution is 2.37. The summed E-state index contributed by atoms with van der Waals surface area (Å²) in [5, 5.41) is 8.39. The lowest BCUT2D eigenvalue weighted by atomic mass is 9.85. The highest BCUT2D eigenvalue weighted by molar-refractivity contribution is 5.96. The number of aromatic nitrogens is 2. The van der Waals surface area contributed by atoms with Crippen molar-refractivity contribution < 1.29 is 9.53 Å². The van der Waals surface area contributed by atoms with Gasteiger partial charge >= 0.3 is 0 Å². The molecule has 3 heterocycles. The molecular weight excluding hydrogens is 474 g/mol. The van der Waals surface area contributed by atoms with Crippen molar-refractivity contribution in [3.63, 3.8) is 0 Å². The minimum absolute atomic E-state index is 0.128. The molecule has 1 N–H and O–H groups in total. The number of nitrogens with zero attached hydrogens (tertiary/aromatic N) is 4. The predicted molar refractivity (Wildman–Crippen MR) is 150 cm³/mol. The van der Waals surface area contributed by atoms with Crippen molar-refractivity contribution in [2.45, 2.75) is 50.5 Å². The number of anilines is 1. The summed E-state index contributed by atoms with van der Waals surface area (Å²) in [6.07, 6.45) is 8.62. The van der Waals surface area contributed by atoms with Crippen molar-refractivity contribution in [3.05, 3.63) is 77.6 Å². The third-order valence-electron chi connectivity index (χ3n) is 8.40. The van der Waals surface area contributed by atoms with Gasteiger partial charge in [-0.1, -0.05) is 55.7 Å². The number of amides is 1. The van der Waals surface area contributed by atoms with Gasteiger partial charge in [0.25, 0.3) is 5.91 Å². The van der Waals surface area contributed by atoms with Gasteiger partial charge in [0.05, 0.1) is 36.4 Å². The molecule has 3 aromatic rings. The fraction of sp³-hybridized carbons (Fsp3) is 0.484. The Bertz CT molecular complexity index is 1210. The first-order chi connectivity index (χ1) is 18.8. The fourth-order valence-corrected chi connectivity index (χ4v) is 6.39. The van der Waals surface area contributed by atoms with E-state index in [0.29, 0.717) is 5.92 Å². The molecule has 2 aliphatic heterocycles. The summed E-state index contributed by atoms with van der Waals surface area (Å²) in [5.41, 5.74) is 5.38. The number of morpholine rings is 1. The van der Waals surface area contributed by atoms with Crippen molar-refractivity contribution in [3.8, 4) is 5.69 Å². The number of nitrogens with one attached hydrogen (secondary N) is 1. The van der Waals surface area contributed by atoms with E-state index in [9.17, 15) is 4.79 Å². The van der Waals surface area contributed by atoms with Crippen LogP contribution in [0, 0.1) is 0 Å². The Balaban J connectivity index is 1.33. The number of hydrogen-bond acceptors (Lipinski definition) is 5. The first kappa shape index (κ1) is 25.1. The third-order valence-corrected chi connectivity index (χ3v) is 8.40. The van der Waals surface area contributed by atoms with Crippen molar-refractivity contribution in [2.24, 2.45) is 0 Å². The van der Waals surface area contributed by atoms with Crippen molar-refractivity contribution in [2.75, 3.05) is 50.8 Å². The maximum atomic E-state index is 14.2. The smallest absolute Gasteiger partial charge is 0.257 e. The second-order valence-corrected chi connectivity index (χ2v) is 10.9. The first-order valence-electron chi connectivity index (χ1n) is 14.3. The summed E-state index contributed by atoms with van der Waals surface area (Å²) in [5.74, 6) is 0.483. The van der Waals surface area contributed by atoms with Crippen LogP contribution in [0.5, 0.6) is 0 Å². The van der Waals surface area contributed by atoms with E-state index < -0.39 is 0 Å². The molecule has 38 heavy (non-hydrogen) atoms. The number of piperazine rings is 1. The first-order valence-corrected chi connectivity index (χ1v) is 14.3. The molecule has 7 heteroatoms. The van der Waals surface area contributed by atoms with Crippen LogP contribution in [-0.2, 0) is 11.2 Å². The second-order valence-electron chi connectivity index (χ2n) is 10.9. The molecule has 1 aliphatic carbocycles. The van der Waals surface area contributed by atoms with Gasteiger partial charge < -0.3 is 19.9 Å². The van der Waals surface area contributed by atoms with Gasteiger partial charge in [-0.15, -0.1) is 0 Å². The average molecular weight is 514 g/mol. The molecule has 6 rings (SSSR count). The molecule has 2 saturated heterocycles. The molecule has 2 aromatic carbocycles. The topological polar surface area (TPSA) is 62.6 Å². The molecule has 1 aromatic heterocycles. The van der Waals surface area contributed by atoms with Gasteiger partial charge in [0.15, 0.2) is 0 Å². The van der Waals surface area contributed by atoms with Crippen LogP contribution in [-0.4, -0.2) is 72.6 Å². The minimum atomic E-state index is 0.128. The van der Waals surface area contributed by atoms with Crippen LogP contribution >= 0.6 is 0 Å². The van der Waals surface area contributed by atoms with Crippen molar-refractivity contribution in [1.29, 1.82) is 0 Å². The number of rotatable bonds is 6. The Kier molecular flexibility index (Phi) is 7.74. The summed E-state index contributed by atoms with van der Waals surface area (Å²) in [4.78, 5) is 18.7. The van der Waals surface area contributed by atoms with Crippen LogP contribution in [0.15, 0.2) is 60.8 Å². The zero-order chi connectivity index (χ0) is 25.7. The maximum absolute atomic E-state index is 14.2. The van der Waals surface area contributed by atoms with Crippen LogP contribution in [0.4, 0.5) is 5.69 Å². The molecule has 200 valence electrons. The van der Waals surface area contributed by atoms with Crippen LogP contribution in [0.25, 0.3) is 5.69 Å². The largest absolute Gasteiger partial charge is 0.378 e. The molecular formula is C31H39N5O2. The van der Waals surface area contributed by atoms with E-state index >= 15 is 0 Å². The van der Waals surface area contributed by atoms with Crippen LogP contribution in [0.1, 0.15) is 59.6 Å². The van der Waals surface area contributed by atoms with Crippen molar-refractivity contribution in [1.82, 2.24) is 20.0 Å².